The Morgan fingerprint density at radius 3 is 1.50 bits per heavy atom. The van der Waals surface area contributed by atoms with Gasteiger partial charge in [-0.15, -0.1) is 0 Å². The van der Waals surface area contributed by atoms with Gasteiger partial charge in [0.1, 0.15) is 5.60 Å². The topological polar surface area (TPSA) is 119 Å². The second kappa shape index (κ2) is 18.4. The molecule has 2 aromatic carbocycles. The highest BCUT2D eigenvalue weighted by atomic mass is 35.5. The molecule has 2 saturated heterocycles. The first-order valence-electron chi connectivity index (χ1n) is 18.2. The smallest absolute Gasteiger partial charge is 0.475 e. The average molecular weight is 800 g/mol. The fourth-order valence-corrected chi connectivity index (χ4v) is 8.47. The van der Waals surface area contributed by atoms with Gasteiger partial charge in [0, 0.05) is 62.2 Å². The maximum absolute atomic E-state index is 12.3. The van der Waals surface area contributed by atoms with Crippen LogP contribution in [0.4, 0.5) is 18.0 Å². The van der Waals surface area contributed by atoms with Crippen LogP contribution in [0.3, 0.4) is 0 Å². The fourth-order valence-electron chi connectivity index (χ4n) is 8.05. The van der Waals surface area contributed by atoms with Crippen LogP contribution in [0.15, 0.2) is 48.5 Å². The molecule has 0 radical (unpaired) electrons. The largest absolute Gasteiger partial charge is 0.490 e. The van der Waals surface area contributed by atoms with Crippen LogP contribution in [0.2, 0.25) is 10.0 Å². The quantitative estimate of drug-likeness (QED) is 0.308. The van der Waals surface area contributed by atoms with Crippen LogP contribution in [0, 0.1) is 23.7 Å². The van der Waals surface area contributed by atoms with Crippen LogP contribution in [0.25, 0.3) is 0 Å². The van der Waals surface area contributed by atoms with Crippen LogP contribution in [0.5, 0.6) is 0 Å². The summed E-state index contributed by atoms with van der Waals surface area (Å²) in [7, 11) is 0. The molecule has 4 fully saturated rings. The number of amides is 3. The zero-order valence-corrected chi connectivity index (χ0v) is 32.9. The van der Waals surface area contributed by atoms with Crippen LogP contribution in [-0.2, 0) is 32.2 Å². The number of ether oxygens (including phenoxy) is 1. The summed E-state index contributed by atoms with van der Waals surface area (Å²) < 4.78 is 37.2. The number of hydrogen-bond donors (Lipinski definition) is 2. The van der Waals surface area contributed by atoms with Gasteiger partial charge in [-0.25, -0.2) is 9.59 Å². The summed E-state index contributed by atoms with van der Waals surface area (Å²) in [4.78, 5) is 51.3. The zero-order valence-electron chi connectivity index (χ0n) is 31.4. The van der Waals surface area contributed by atoms with Gasteiger partial charge in [0.05, 0.1) is 0 Å². The van der Waals surface area contributed by atoms with Crippen molar-refractivity contribution in [3.8, 4) is 0 Å². The first-order chi connectivity index (χ1) is 25.2. The molecule has 10 nitrogen and oxygen atoms in total. The summed E-state index contributed by atoms with van der Waals surface area (Å²) in [5.74, 6) is -0.130. The zero-order chi connectivity index (χ0) is 40.0. The molecule has 2 aromatic rings. The number of benzene rings is 2. The van der Waals surface area contributed by atoms with Crippen molar-refractivity contribution in [2.24, 2.45) is 23.7 Å². The van der Waals surface area contributed by atoms with Gasteiger partial charge in [0.25, 0.3) is 0 Å². The molecule has 2 unspecified atom stereocenters. The number of carbonyl (C=O) groups excluding carboxylic acids is 3. The third-order valence-corrected chi connectivity index (χ3v) is 10.9. The standard InChI is InChI=1S/C21H29ClN2O3.C16H21ClN2O.C2HF3O2/c1-14(25)24(11-15-6-5-7-18(22)8-15)19-9-16-12-23(13-17(16)10-19)20(26)27-21(2,3)4;1-11(20)19(10-12-3-2-4-15(17)5-12)16-6-13-8-18-9-14(13)7-16;3-2(4,5)1(6)7/h5-8,16-17,19H,9-13H2,1-4H3;2-5,13-14,16,18H,6-10H2,1H3;(H,6,7)/t16-,17+,19?;13-,14+,16?;. The minimum atomic E-state index is -5.08. The van der Waals surface area contributed by atoms with E-state index in [1.54, 1.807) is 13.8 Å². The van der Waals surface area contributed by atoms with Crippen molar-refractivity contribution >= 4 is 47.1 Å². The van der Waals surface area contributed by atoms with E-state index in [-0.39, 0.29) is 23.9 Å². The number of carboxylic acid groups (broad SMARTS) is 1. The molecule has 3 amide bonds. The molecule has 6 rings (SSSR count). The number of hydrogen-bond acceptors (Lipinski definition) is 6. The lowest BCUT2D eigenvalue weighted by Crippen LogP contribution is -2.39. The molecular weight excluding hydrogens is 748 g/mol. The number of carbonyl (C=O) groups is 4. The number of carboxylic acids is 1. The number of alkyl halides is 3. The Morgan fingerprint density at radius 2 is 1.17 bits per heavy atom. The number of nitrogens with one attached hydrogen (secondary N) is 1. The molecule has 298 valence electrons. The van der Waals surface area contributed by atoms with E-state index in [9.17, 15) is 27.6 Å². The number of nitrogens with zero attached hydrogens (tertiary/aromatic N) is 3. The van der Waals surface area contributed by atoms with E-state index in [1.165, 1.54) is 0 Å². The highest BCUT2D eigenvalue weighted by Gasteiger charge is 2.45. The van der Waals surface area contributed by atoms with Crippen LogP contribution >= 0.6 is 23.2 Å². The molecule has 0 aromatic heterocycles. The Kier molecular flexibility index (Phi) is 14.7. The minimum Gasteiger partial charge on any atom is -0.475 e. The highest BCUT2D eigenvalue weighted by Crippen LogP contribution is 2.41. The molecule has 2 saturated carbocycles. The Balaban J connectivity index is 0.000000211. The fraction of sp³-hybridized carbons (Fsp3) is 0.590. The summed E-state index contributed by atoms with van der Waals surface area (Å²) in [6, 6.07) is 16.1. The molecule has 4 aliphatic rings. The van der Waals surface area contributed by atoms with E-state index < -0.39 is 17.7 Å². The molecule has 0 bridgehead atoms. The molecule has 2 heterocycles. The number of fused-ring (bicyclic) bond motifs is 2. The van der Waals surface area contributed by atoms with E-state index in [2.05, 4.69) is 5.32 Å². The molecule has 0 spiro atoms. The summed E-state index contributed by atoms with van der Waals surface area (Å²) >= 11 is 12.1. The van der Waals surface area contributed by atoms with Gasteiger partial charge < -0.3 is 29.9 Å². The van der Waals surface area contributed by atoms with Gasteiger partial charge in [-0.05, 0) is 119 Å². The van der Waals surface area contributed by atoms with Crippen molar-refractivity contribution in [1.29, 1.82) is 0 Å². The second-order valence-electron chi connectivity index (χ2n) is 15.7. The number of aliphatic carboxylic acids is 1. The van der Waals surface area contributed by atoms with Gasteiger partial charge >= 0.3 is 18.2 Å². The van der Waals surface area contributed by atoms with Crippen molar-refractivity contribution in [1.82, 2.24) is 20.0 Å². The van der Waals surface area contributed by atoms with Gasteiger partial charge in [0.2, 0.25) is 11.8 Å². The Labute approximate surface area is 325 Å². The van der Waals surface area contributed by atoms with Crippen LogP contribution < -0.4 is 5.32 Å². The maximum atomic E-state index is 12.3. The van der Waals surface area contributed by atoms with Gasteiger partial charge in [-0.3, -0.25) is 9.59 Å². The number of rotatable bonds is 6. The summed E-state index contributed by atoms with van der Waals surface area (Å²) in [5.41, 5.74) is 1.69. The maximum Gasteiger partial charge on any atom is 0.490 e. The molecule has 2 aliphatic carbocycles. The summed E-state index contributed by atoms with van der Waals surface area (Å²) in [5, 5.41) is 12.0. The molecule has 6 atom stereocenters. The van der Waals surface area contributed by atoms with E-state index in [0.29, 0.717) is 36.0 Å². The van der Waals surface area contributed by atoms with Crippen LogP contribution in [-0.4, -0.2) is 93.7 Å². The van der Waals surface area contributed by atoms with E-state index in [4.69, 9.17) is 37.8 Å². The van der Waals surface area contributed by atoms with E-state index in [0.717, 1.165) is 79.8 Å². The molecule has 2 aliphatic heterocycles. The predicted molar refractivity (Wildman–Crippen MR) is 200 cm³/mol. The van der Waals surface area contributed by atoms with Crippen molar-refractivity contribution in [3.63, 3.8) is 0 Å². The normalized spacial score (nSPS) is 24.3. The average Bonchev–Trinajstić information content (AvgIpc) is 3.83. The SMILES string of the molecule is CC(=O)N(Cc1cccc(Cl)c1)C1C[C@@H]2CN(C(=O)OC(C)(C)C)C[C@@H]2C1.CC(=O)N(Cc1cccc(Cl)c1)C1C[C@H]2CNC[C@H]2C1.O=C(O)C(F)(F)F. The molecular formula is C39H51Cl2F3N4O6. The number of halogens is 5. The first kappa shape index (κ1) is 43.2. The van der Waals surface area contributed by atoms with Crippen molar-refractivity contribution in [2.75, 3.05) is 26.2 Å². The lowest BCUT2D eigenvalue weighted by molar-refractivity contribution is -0.192. The van der Waals surface area contributed by atoms with Gasteiger partial charge in [-0.1, -0.05) is 47.5 Å². The van der Waals surface area contributed by atoms with Crippen molar-refractivity contribution in [2.45, 2.75) is 97.3 Å². The van der Waals surface area contributed by atoms with Gasteiger partial charge in [0.15, 0.2) is 0 Å². The first-order valence-corrected chi connectivity index (χ1v) is 19.0. The summed E-state index contributed by atoms with van der Waals surface area (Å²) in [6.45, 7) is 13.9. The minimum absolute atomic E-state index is 0.0870. The van der Waals surface area contributed by atoms with E-state index >= 15 is 0 Å². The second-order valence-corrected chi connectivity index (χ2v) is 16.6. The lowest BCUT2D eigenvalue weighted by atomic mass is 10.0. The van der Waals surface area contributed by atoms with Gasteiger partial charge in [-0.2, -0.15) is 13.2 Å². The molecule has 54 heavy (non-hydrogen) atoms. The van der Waals surface area contributed by atoms with Crippen LogP contribution in [0.1, 0.15) is 71.4 Å². The highest BCUT2D eigenvalue weighted by molar-refractivity contribution is 6.30. The Bertz CT molecular complexity index is 1610. The Morgan fingerprint density at radius 1 is 0.778 bits per heavy atom. The summed E-state index contributed by atoms with van der Waals surface area (Å²) in [6.07, 6.45) is -1.17. The number of likely N-dealkylation sites (tertiary alicyclic amines) is 1. The third-order valence-electron chi connectivity index (χ3n) is 10.4. The van der Waals surface area contributed by atoms with Crippen molar-refractivity contribution in [3.05, 3.63) is 69.7 Å². The third kappa shape index (κ3) is 12.5. The lowest BCUT2D eigenvalue weighted by Gasteiger charge is -2.30. The monoisotopic (exact) mass is 798 g/mol. The molecule has 15 heteroatoms. The van der Waals surface area contributed by atoms with E-state index in [1.807, 2.05) is 84.0 Å². The van der Waals surface area contributed by atoms with Crippen molar-refractivity contribution < 1.29 is 42.2 Å². The predicted octanol–water partition coefficient (Wildman–Crippen LogP) is 7.65. The molecule has 2 N–H and O–H groups in total. The Hall–Kier alpha value is -3.55.